The van der Waals surface area contributed by atoms with Crippen LogP contribution in [0, 0.1) is 4.91 Å². The van der Waals surface area contributed by atoms with Gasteiger partial charge in [0.1, 0.15) is 6.04 Å². The number of hydrogen-bond acceptors (Lipinski definition) is 3. The third-order valence-electron chi connectivity index (χ3n) is 1.63. The highest BCUT2D eigenvalue weighted by atomic mass is 16.3. The fourth-order valence-electron chi connectivity index (χ4n) is 1.11. The molecule has 1 fully saturated rings. The molecule has 1 heterocycles. The largest absolute Gasteiger partial charge is 0.299 e. The molecule has 0 aliphatic carbocycles. The maximum Gasteiger partial charge on any atom is 0.117 e. The first-order valence-corrected chi connectivity index (χ1v) is 3.41. The topological polar surface area (TPSA) is 32.7 Å². The average molecular weight is 128 g/mol. The third-order valence-corrected chi connectivity index (χ3v) is 1.63. The summed E-state index contributed by atoms with van der Waals surface area (Å²) in [6.07, 6.45) is 1.17. The van der Waals surface area contributed by atoms with Gasteiger partial charge in [-0.2, -0.15) is 4.91 Å². The minimum Gasteiger partial charge on any atom is -0.299 e. The predicted octanol–water partition coefficient (Wildman–Crippen LogP) is 0.847. The molecule has 9 heavy (non-hydrogen) atoms. The van der Waals surface area contributed by atoms with Crippen LogP contribution in [0.4, 0.5) is 0 Å². The fraction of sp³-hybridized carbons (Fsp3) is 1.00. The van der Waals surface area contributed by atoms with Crippen molar-refractivity contribution in [3.63, 3.8) is 0 Å². The summed E-state index contributed by atoms with van der Waals surface area (Å²) in [7, 11) is 0. The van der Waals surface area contributed by atoms with Gasteiger partial charge in [-0.25, -0.2) is 0 Å². The van der Waals surface area contributed by atoms with Crippen molar-refractivity contribution in [1.82, 2.24) is 4.90 Å². The molecule has 1 rings (SSSR count). The molecule has 0 radical (unpaired) electrons. The second-order valence-corrected chi connectivity index (χ2v) is 2.52. The van der Waals surface area contributed by atoms with E-state index in [2.05, 4.69) is 17.0 Å². The summed E-state index contributed by atoms with van der Waals surface area (Å²) in [5, 5.41) is 2.93. The molecule has 52 valence electrons. The van der Waals surface area contributed by atoms with Crippen molar-refractivity contribution in [3.8, 4) is 0 Å². The van der Waals surface area contributed by atoms with E-state index < -0.39 is 0 Å². The SMILES string of the molecule is CCCN1CC(N=O)C1. The van der Waals surface area contributed by atoms with Crippen LogP contribution in [-0.4, -0.2) is 30.6 Å². The molecule has 0 atom stereocenters. The Balaban J connectivity index is 2.04. The van der Waals surface area contributed by atoms with Gasteiger partial charge in [-0.05, 0) is 13.0 Å². The van der Waals surface area contributed by atoms with Gasteiger partial charge >= 0.3 is 0 Å². The average Bonchev–Trinajstić information content (AvgIpc) is 1.77. The highest BCUT2D eigenvalue weighted by molar-refractivity contribution is 4.84. The molecule has 0 aromatic heterocycles. The lowest BCUT2D eigenvalue weighted by Crippen LogP contribution is -2.49. The second kappa shape index (κ2) is 2.92. The lowest BCUT2D eigenvalue weighted by Gasteiger charge is -2.34. The molecule has 0 amide bonds. The summed E-state index contributed by atoms with van der Waals surface area (Å²) in [5.74, 6) is 0. The molecular weight excluding hydrogens is 116 g/mol. The second-order valence-electron chi connectivity index (χ2n) is 2.52. The van der Waals surface area contributed by atoms with Gasteiger partial charge in [-0.15, -0.1) is 0 Å². The van der Waals surface area contributed by atoms with E-state index >= 15 is 0 Å². The van der Waals surface area contributed by atoms with Crippen LogP contribution in [0.1, 0.15) is 13.3 Å². The maximum absolute atomic E-state index is 9.86. The van der Waals surface area contributed by atoms with E-state index in [4.69, 9.17) is 0 Å². The van der Waals surface area contributed by atoms with Crippen LogP contribution < -0.4 is 0 Å². The summed E-state index contributed by atoms with van der Waals surface area (Å²) < 4.78 is 0. The van der Waals surface area contributed by atoms with Crippen LogP contribution in [0.5, 0.6) is 0 Å². The third kappa shape index (κ3) is 1.48. The van der Waals surface area contributed by atoms with Crippen molar-refractivity contribution in [2.45, 2.75) is 19.4 Å². The molecule has 0 N–H and O–H groups in total. The molecule has 0 aromatic carbocycles. The Kier molecular flexibility index (Phi) is 2.16. The van der Waals surface area contributed by atoms with Gasteiger partial charge < -0.3 is 0 Å². The Hall–Kier alpha value is -0.440. The van der Waals surface area contributed by atoms with Crippen molar-refractivity contribution in [1.29, 1.82) is 0 Å². The van der Waals surface area contributed by atoms with Crippen molar-refractivity contribution < 1.29 is 0 Å². The zero-order valence-electron chi connectivity index (χ0n) is 5.71. The molecule has 1 saturated heterocycles. The lowest BCUT2D eigenvalue weighted by molar-refractivity contribution is 0.152. The zero-order chi connectivity index (χ0) is 6.69. The molecule has 0 aromatic rings. The van der Waals surface area contributed by atoms with E-state index in [1.807, 2.05) is 0 Å². The number of hydrogen-bond donors (Lipinski definition) is 0. The minimum atomic E-state index is 0.0940. The predicted molar refractivity (Wildman–Crippen MR) is 36.3 cm³/mol. The smallest absolute Gasteiger partial charge is 0.117 e. The highest BCUT2D eigenvalue weighted by Gasteiger charge is 2.25. The van der Waals surface area contributed by atoms with Gasteiger partial charge in [-0.1, -0.05) is 12.1 Å². The van der Waals surface area contributed by atoms with Crippen LogP contribution in [0.25, 0.3) is 0 Å². The van der Waals surface area contributed by atoms with Crippen LogP contribution in [-0.2, 0) is 0 Å². The molecule has 1 aliphatic rings. The van der Waals surface area contributed by atoms with E-state index in [-0.39, 0.29) is 6.04 Å². The van der Waals surface area contributed by atoms with E-state index in [9.17, 15) is 4.91 Å². The van der Waals surface area contributed by atoms with Gasteiger partial charge in [0.05, 0.1) is 0 Å². The molecule has 0 spiro atoms. The van der Waals surface area contributed by atoms with Crippen molar-refractivity contribution in [2.75, 3.05) is 19.6 Å². The molecule has 1 aliphatic heterocycles. The zero-order valence-corrected chi connectivity index (χ0v) is 5.71. The molecule has 3 nitrogen and oxygen atoms in total. The van der Waals surface area contributed by atoms with Gasteiger partial charge in [0.25, 0.3) is 0 Å². The Morgan fingerprint density at radius 3 is 2.78 bits per heavy atom. The van der Waals surface area contributed by atoms with Crippen LogP contribution in [0.3, 0.4) is 0 Å². The van der Waals surface area contributed by atoms with E-state index in [1.165, 1.54) is 6.42 Å². The van der Waals surface area contributed by atoms with Crippen LogP contribution in [0.15, 0.2) is 5.18 Å². The number of likely N-dealkylation sites (tertiary alicyclic amines) is 1. The first kappa shape index (κ1) is 6.68. The van der Waals surface area contributed by atoms with E-state index in [1.54, 1.807) is 0 Å². The fourth-order valence-corrected chi connectivity index (χ4v) is 1.11. The van der Waals surface area contributed by atoms with Gasteiger partial charge in [0, 0.05) is 13.1 Å². The molecule has 3 heteroatoms. The van der Waals surface area contributed by atoms with Gasteiger partial charge in [0.2, 0.25) is 0 Å². The normalized spacial score (nSPS) is 21.4. The first-order chi connectivity index (χ1) is 4.36. The molecule has 0 saturated carbocycles. The first-order valence-electron chi connectivity index (χ1n) is 3.41. The van der Waals surface area contributed by atoms with Crippen LogP contribution >= 0.6 is 0 Å². The van der Waals surface area contributed by atoms with Crippen molar-refractivity contribution in [2.24, 2.45) is 5.18 Å². The monoisotopic (exact) mass is 128 g/mol. The lowest BCUT2D eigenvalue weighted by atomic mass is 10.1. The minimum absolute atomic E-state index is 0.0940. The highest BCUT2D eigenvalue weighted by Crippen LogP contribution is 2.10. The Morgan fingerprint density at radius 1 is 1.67 bits per heavy atom. The number of nitroso groups, excluding NO2 is 1. The molecule has 0 unspecified atom stereocenters. The van der Waals surface area contributed by atoms with Crippen LogP contribution in [0.2, 0.25) is 0 Å². The summed E-state index contributed by atoms with van der Waals surface area (Å²) in [5.41, 5.74) is 0. The Morgan fingerprint density at radius 2 is 2.33 bits per heavy atom. The van der Waals surface area contributed by atoms with Crippen molar-refractivity contribution in [3.05, 3.63) is 4.91 Å². The summed E-state index contributed by atoms with van der Waals surface area (Å²) in [4.78, 5) is 12.1. The molecule has 0 bridgehead atoms. The number of nitrogens with zero attached hydrogens (tertiary/aromatic N) is 2. The van der Waals surface area contributed by atoms with Gasteiger partial charge in [-0.3, -0.25) is 4.90 Å². The maximum atomic E-state index is 9.86. The van der Waals surface area contributed by atoms with E-state index in [0.717, 1.165) is 19.6 Å². The Labute approximate surface area is 55.0 Å². The summed E-state index contributed by atoms with van der Waals surface area (Å²) in [6, 6.07) is 0.0940. The Bertz CT molecular complexity index is 99.2. The van der Waals surface area contributed by atoms with Gasteiger partial charge in [0.15, 0.2) is 0 Å². The van der Waals surface area contributed by atoms with E-state index in [0.29, 0.717) is 0 Å². The standard InChI is InChI=1S/C6H12N2O/c1-2-3-8-4-6(5-8)7-9/h6H,2-5H2,1H3. The summed E-state index contributed by atoms with van der Waals surface area (Å²) in [6.45, 7) is 5.03. The number of rotatable bonds is 3. The van der Waals surface area contributed by atoms with Crippen molar-refractivity contribution >= 4 is 0 Å². The summed E-state index contributed by atoms with van der Waals surface area (Å²) >= 11 is 0. The molecular formula is C6H12N2O. The quantitative estimate of drug-likeness (QED) is 0.528.